The molecule has 1 aromatic heterocycles. The van der Waals surface area contributed by atoms with E-state index in [4.69, 9.17) is 10.4 Å². The maximum Gasteiger partial charge on any atom is 0.321 e. The van der Waals surface area contributed by atoms with Crippen molar-refractivity contribution in [2.24, 2.45) is 5.92 Å². The molecule has 0 radical (unpaired) electrons. The van der Waals surface area contributed by atoms with Gasteiger partial charge in [0.25, 0.3) is 0 Å². The molecule has 1 atom stereocenters. The fourth-order valence-electron chi connectivity index (χ4n) is 1.51. The summed E-state index contributed by atoms with van der Waals surface area (Å²) in [5, 5.41) is 19.9. The molecule has 1 rings (SSSR count). The molecule has 0 bridgehead atoms. The maximum atomic E-state index is 11.8. The Kier molecular flexibility index (Phi) is 5.47. The Bertz CT molecular complexity index is 521. The number of hydrogen-bond donors (Lipinski definition) is 2. The standard InChI is InChI=1S/C13H16N4O3/c1-9(6-14)8-17(2)13(20)16-11-4-3-10(15-7-11)5-12(18)19/h3-4,7,9H,5,8H2,1-2H3,(H,16,20)(H,18,19). The van der Waals surface area contributed by atoms with E-state index in [1.807, 2.05) is 0 Å². The van der Waals surface area contributed by atoms with Crippen LogP contribution in [0.1, 0.15) is 12.6 Å². The first-order chi connectivity index (χ1) is 9.42. The van der Waals surface area contributed by atoms with Crippen LogP contribution < -0.4 is 5.32 Å². The van der Waals surface area contributed by atoms with Crippen LogP contribution in [0.2, 0.25) is 0 Å². The number of nitriles is 1. The summed E-state index contributed by atoms with van der Waals surface area (Å²) in [6.07, 6.45) is 1.24. The summed E-state index contributed by atoms with van der Waals surface area (Å²) in [6, 6.07) is 4.83. The van der Waals surface area contributed by atoms with Crippen molar-refractivity contribution < 1.29 is 14.7 Å². The third-order valence-electron chi connectivity index (χ3n) is 2.52. The summed E-state index contributed by atoms with van der Waals surface area (Å²) in [5.74, 6) is -1.21. The number of urea groups is 1. The van der Waals surface area contributed by atoms with Gasteiger partial charge in [-0.1, -0.05) is 0 Å². The first-order valence-corrected chi connectivity index (χ1v) is 6.01. The summed E-state index contributed by atoms with van der Waals surface area (Å²) >= 11 is 0. The van der Waals surface area contributed by atoms with Gasteiger partial charge in [-0.25, -0.2) is 4.79 Å². The summed E-state index contributed by atoms with van der Waals surface area (Å²) in [5.41, 5.74) is 0.891. The molecule has 1 unspecified atom stereocenters. The van der Waals surface area contributed by atoms with Crippen LogP contribution in [0.25, 0.3) is 0 Å². The zero-order chi connectivity index (χ0) is 15.1. The average Bonchev–Trinajstić information content (AvgIpc) is 2.40. The van der Waals surface area contributed by atoms with Crippen LogP contribution in [0.4, 0.5) is 10.5 Å². The lowest BCUT2D eigenvalue weighted by atomic mass is 10.2. The highest BCUT2D eigenvalue weighted by atomic mass is 16.4. The molecule has 7 nitrogen and oxygen atoms in total. The molecule has 1 heterocycles. The van der Waals surface area contributed by atoms with Crippen molar-refractivity contribution >= 4 is 17.7 Å². The van der Waals surface area contributed by atoms with Crippen molar-refractivity contribution in [1.29, 1.82) is 5.26 Å². The van der Waals surface area contributed by atoms with Crippen molar-refractivity contribution in [2.45, 2.75) is 13.3 Å². The van der Waals surface area contributed by atoms with E-state index >= 15 is 0 Å². The molecule has 0 fully saturated rings. The zero-order valence-electron chi connectivity index (χ0n) is 11.3. The van der Waals surface area contributed by atoms with E-state index < -0.39 is 5.97 Å². The number of carbonyl (C=O) groups is 2. The SMILES string of the molecule is CC(C#N)CN(C)C(=O)Nc1ccc(CC(=O)O)nc1. The Balaban J connectivity index is 2.58. The minimum Gasteiger partial charge on any atom is -0.481 e. The van der Waals surface area contributed by atoms with Gasteiger partial charge in [-0.05, 0) is 19.1 Å². The van der Waals surface area contributed by atoms with Crippen molar-refractivity contribution in [3.63, 3.8) is 0 Å². The van der Waals surface area contributed by atoms with Gasteiger partial charge in [0.2, 0.25) is 0 Å². The number of carbonyl (C=O) groups excluding carboxylic acids is 1. The fourth-order valence-corrected chi connectivity index (χ4v) is 1.51. The predicted molar refractivity (Wildman–Crippen MR) is 72.0 cm³/mol. The average molecular weight is 276 g/mol. The van der Waals surface area contributed by atoms with Crippen molar-refractivity contribution in [3.8, 4) is 6.07 Å². The molecule has 0 aliphatic carbocycles. The molecular weight excluding hydrogens is 260 g/mol. The lowest BCUT2D eigenvalue weighted by molar-refractivity contribution is -0.136. The molecule has 7 heteroatoms. The predicted octanol–water partition coefficient (Wildman–Crippen LogP) is 1.33. The number of anilines is 1. The van der Waals surface area contributed by atoms with Crippen LogP contribution in [0, 0.1) is 17.2 Å². The Labute approximate surface area is 116 Å². The van der Waals surface area contributed by atoms with Gasteiger partial charge in [-0.3, -0.25) is 9.78 Å². The molecular formula is C13H16N4O3. The fraction of sp³-hybridized carbons (Fsp3) is 0.385. The van der Waals surface area contributed by atoms with E-state index in [1.165, 1.54) is 11.1 Å². The summed E-state index contributed by atoms with van der Waals surface area (Å²) in [6.45, 7) is 2.05. The normalized spacial score (nSPS) is 11.2. The van der Waals surface area contributed by atoms with Gasteiger partial charge >= 0.3 is 12.0 Å². The molecule has 0 aliphatic heterocycles. The summed E-state index contributed by atoms with van der Waals surface area (Å²) in [7, 11) is 1.59. The first kappa shape index (κ1) is 15.4. The van der Waals surface area contributed by atoms with Crippen LogP contribution in [-0.4, -0.2) is 40.6 Å². The molecule has 0 spiro atoms. The number of aromatic nitrogens is 1. The molecule has 20 heavy (non-hydrogen) atoms. The Hall–Kier alpha value is -2.62. The Morgan fingerprint density at radius 3 is 2.75 bits per heavy atom. The lowest BCUT2D eigenvalue weighted by Gasteiger charge is -2.18. The van der Waals surface area contributed by atoms with Gasteiger partial charge in [0, 0.05) is 13.6 Å². The number of pyridine rings is 1. The van der Waals surface area contributed by atoms with E-state index in [2.05, 4.69) is 16.4 Å². The molecule has 0 aromatic carbocycles. The minimum absolute atomic E-state index is 0.159. The Morgan fingerprint density at radius 1 is 1.55 bits per heavy atom. The highest BCUT2D eigenvalue weighted by molar-refractivity contribution is 5.88. The Morgan fingerprint density at radius 2 is 2.25 bits per heavy atom. The summed E-state index contributed by atoms with van der Waals surface area (Å²) < 4.78 is 0. The second-order valence-electron chi connectivity index (χ2n) is 4.45. The highest BCUT2D eigenvalue weighted by Gasteiger charge is 2.12. The van der Waals surface area contributed by atoms with Crippen LogP contribution in [-0.2, 0) is 11.2 Å². The first-order valence-electron chi connectivity index (χ1n) is 6.01. The number of carboxylic acids is 1. The summed E-state index contributed by atoms with van der Waals surface area (Å²) in [4.78, 5) is 27.7. The number of hydrogen-bond acceptors (Lipinski definition) is 4. The zero-order valence-corrected chi connectivity index (χ0v) is 11.3. The van der Waals surface area contributed by atoms with E-state index in [0.717, 1.165) is 0 Å². The van der Waals surface area contributed by atoms with Crippen LogP contribution in [0.15, 0.2) is 18.3 Å². The van der Waals surface area contributed by atoms with Gasteiger partial charge in [0.1, 0.15) is 0 Å². The number of nitrogens with one attached hydrogen (secondary N) is 1. The molecule has 0 saturated carbocycles. The number of nitrogens with zero attached hydrogens (tertiary/aromatic N) is 3. The highest BCUT2D eigenvalue weighted by Crippen LogP contribution is 2.08. The largest absolute Gasteiger partial charge is 0.481 e. The number of aliphatic carboxylic acids is 1. The molecule has 106 valence electrons. The number of carboxylic acid groups (broad SMARTS) is 1. The molecule has 2 amide bonds. The van der Waals surface area contributed by atoms with Gasteiger partial charge in [0.15, 0.2) is 0 Å². The van der Waals surface area contributed by atoms with Gasteiger partial charge < -0.3 is 15.3 Å². The third kappa shape index (κ3) is 4.94. The molecule has 2 N–H and O–H groups in total. The second kappa shape index (κ2) is 7.09. The van der Waals surface area contributed by atoms with Crippen LogP contribution in [0.5, 0.6) is 0 Å². The topological polar surface area (TPSA) is 106 Å². The van der Waals surface area contributed by atoms with E-state index in [0.29, 0.717) is 17.9 Å². The van der Waals surface area contributed by atoms with E-state index in [9.17, 15) is 9.59 Å². The van der Waals surface area contributed by atoms with Gasteiger partial charge in [-0.2, -0.15) is 5.26 Å². The smallest absolute Gasteiger partial charge is 0.321 e. The van der Waals surface area contributed by atoms with Gasteiger partial charge in [-0.15, -0.1) is 0 Å². The number of amides is 2. The van der Waals surface area contributed by atoms with Crippen molar-refractivity contribution in [2.75, 3.05) is 18.9 Å². The van der Waals surface area contributed by atoms with Gasteiger partial charge in [0.05, 0.1) is 36.0 Å². The minimum atomic E-state index is -0.959. The van der Waals surface area contributed by atoms with E-state index in [1.54, 1.807) is 26.1 Å². The van der Waals surface area contributed by atoms with Crippen molar-refractivity contribution in [1.82, 2.24) is 9.88 Å². The molecule has 0 aliphatic rings. The number of rotatable bonds is 5. The molecule has 1 aromatic rings. The quantitative estimate of drug-likeness (QED) is 0.843. The lowest BCUT2D eigenvalue weighted by Crippen LogP contribution is -2.34. The molecule has 0 saturated heterocycles. The second-order valence-corrected chi connectivity index (χ2v) is 4.45. The van der Waals surface area contributed by atoms with Crippen molar-refractivity contribution in [3.05, 3.63) is 24.0 Å². The monoisotopic (exact) mass is 276 g/mol. The third-order valence-corrected chi connectivity index (χ3v) is 2.52. The van der Waals surface area contributed by atoms with E-state index in [-0.39, 0.29) is 18.4 Å². The van der Waals surface area contributed by atoms with Crippen LogP contribution >= 0.6 is 0 Å². The van der Waals surface area contributed by atoms with Crippen LogP contribution in [0.3, 0.4) is 0 Å². The maximum absolute atomic E-state index is 11.8.